The van der Waals surface area contributed by atoms with Crippen molar-refractivity contribution in [1.29, 1.82) is 0 Å². The van der Waals surface area contributed by atoms with E-state index >= 15 is 0 Å². The van der Waals surface area contributed by atoms with E-state index in [0.717, 1.165) is 12.8 Å². The molecule has 5 rings (SSSR count). The lowest BCUT2D eigenvalue weighted by Gasteiger charge is -2.35. The maximum absolute atomic E-state index is 13.5. The van der Waals surface area contributed by atoms with Crippen molar-refractivity contribution in [2.24, 2.45) is 5.92 Å². The van der Waals surface area contributed by atoms with E-state index in [-0.39, 0.29) is 29.1 Å². The molecule has 1 amide bonds. The van der Waals surface area contributed by atoms with Crippen LogP contribution in [0.15, 0.2) is 47.5 Å². The first-order valence-corrected chi connectivity index (χ1v) is 12.1. The summed E-state index contributed by atoms with van der Waals surface area (Å²) in [6.45, 7) is 8.23. The van der Waals surface area contributed by atoms with Gasteiger partial charge in [0.05, 0.1) is 29.8 Å². The summed E-state index contributed by atoms with van der Waals surface area (Å²) in [5, 5.41) is 0.460. The standard InChI is InChI=1S/C27H31N3O4/c1-4-29-15-22(27(32)30-9-10-33-24(16-30)17(2)3)26(31)21-13-25(28-14-23(21)29)34-20-11-18-7-5-6-8-19(18)12-20/h5-8,13-15,17,20,24H,4,9-12,16H2,1-3H3/t24-/m0/s1. The van der Waals surface area contributed by atoms with E-state index in [1.807, 2.05) is 23.6 Å². The summed E-state index contributed by atoms with van der Waals surface area (Å²) in [7, 11) is 0. The topological polar surface area (TPSA) is 73.7 Å². The highest BCUT2D eigenvalue weighted by atomic mass is 16.5. The minimum absolute atomic E-state index is 0.0121. The lowest BCUT2D eigenvalue weighted by Crippen LogP contribution is -2.48. The molecule has 7 nitrogen and oxygen atoms in total. The third-order valence-electron chi connectivity index (χ3n) is 6.94. The molecule has 1 aliphatic carbocycles. The van der Waals surface area contributed by atoms with Crippen LogP contribution in [0, 0.1) is 5.92 Å². The Kier molecular flexibility index (Phi) is 6.13. The van der Waals surface area contributed by atoms with Crippen LogP contribution in [0.25, 0.3) is 10.9 Å². The van der Waals surface area contributed by atoms with Crippen LogP contribution >= 0.6 is 0 Å². The van der Waals surface area contributed by atoms with E-state index in [9.17, 15) is 9.59 Å². The Morgan fingerprint density at radius 3 is 2.65 bits per heavy atom. The number of benzene rings is 1. The second-order valence-corrected chi connectivity index (χ2v) is 9.52. The van der Waals surface area contributed by atoms with Crippen molar-refractivity contribution in [2.75, 3.05) is 19.7 Å². The van der Waals surface area contributed by atoms with Crippen LogP contribution in [0.1, 0.15) is 42.3 Å². The first-order chi connectivity index (χ1) is 16.4. The van der Waals surface area contributed by atoms with E-state index in [0.29, 0.717) is 48.9 Å². The highest BCUT2D eigenvalue weighted by Gasteiger charge is 2.29. The maximum Gasteiger partial charge on any atom is 0.259 e. The normalized spacial score (nSPS) is 18.5. The van der Waals surface area contributed by atoms with E-state index in [1.54, 1.807) is 23.4 Å². The van der Waals surface area contributed by atoms with Crippen molar-refractivity contribution < 1.29 is 14.3 Å². The molecular weight excluding hydrogens is 430 g/mol. The Balaban J connectivity index is 1.45. The van der Waals surface area contributed by atoms with Crippen LogP contribution in [-0.4, -0.2) is 52.3 Å². The first kappa shape index (κ1) is 22.6. The van der Waals surface area contributed by atoms with Gasteiger partial charge in [0.25, 0.3) is 5.91 Å². The van der Waals surface area contributed by atoms with Crippen molar-refractivity contribution in [3.05, 3.63) is 69.6 Å². The van der Waals surface area contributed by atoms with Crippen LogP contribution in [0.3, 0.4) is 0 Å². The number of amides is 1. The number of carbonyl (C=O) groups excluding carboxylic acids is 1. The predicted octanol–water partition coefficient (Wildman–Crippen LogP) is 3.46. The molecule has 178 valence electrons. The largest absolute Gasteiger partial charge is 0.474 e. The van der Waals surface area contributed by atoms with Crippen molar-refractivity contribution in [3.8, 4) is 5.88 Å². The van der Waals surface area contributed by atoms with Gasteiger partial charge in [-0.05, 0) is 24.0 Å². The molecule has 2 aromatic heterocycles. The highest BCUT2D eigenvalue weighted by molar-refractivity contribution is 5.97. The Morgan fingerprint density at radius 1 is 1.24 bits per heavy atom. The Hall–Kier alpha value is -3.19. The molecular formula is C27H31N3O4. The molecule has 1 fully saturated rings. The molecule has 0 saturated carbocycles. The molecule has 3 heterocycles. The summed E-state index contributed by atoms with van der Waals surface area (Å²) in [6, 6.07) is 10.0. The zero-order valence-electron chi connectivity index (χ0n) is 20.0. The molecule has 0 unspecified atom stereocenters. The van der Waals surface area contributed by atoms with Gasteiger partial charge in [-0.1, -0.05) is 38.1 Å². The van der Waals surface area contributed by atoms with Gasteiger partial charge in [0.15, 0.2) is 0 Å². The van der Waals surface area contributed by atoms with Crippen molar-refractivity contribution >= 4 is 16.8 Å². The molecule has 1 aliphatic heterocycles. The molecule has 0 N–H and O–H groups in total. The average Bonchev–Trinajstić information content (AvgIpc) is 3.26. The van der Waals surface area contributed by atoms with Gasteiger partial charge in [0, 0.05) is 44.7 Å². The quantitative estimate of drug-likeness (QED) is 0.582. The number of carbonyl (C=O) groups is 1. The fourth-order valence-electron chi connectivity index (χ4n) is 4.95. The van der Waals surface area contributed by atoms with Crippen LogP contribution in [0.5, 0.6) is 5.88 Å². The van der Waals surface area contributed by atoms with Gasteiger partial charge in [0.1, 0.15) is 11.7 Å². The minimum atomic E-state index is -0.278. The number of morpholine rings is 1. The van der Waals surface area contributed by atoms with Gasteiger partial charge in [0.2, 0.25) is 11.3 Å². The third kappa shape index (κ3) is 4.20. The predicted molar refractivity (Wildman–Crippen MR) is 130 cm³/mol. The Morgan fingerprint density at radius 2 is 1.97 bits per heavy atom. The SMILES string of the molecule is CCn1cc(C(=O)N2CCO[C@H](C(C)C)C2)c(=O)c2cc(OC3Cc4ccccc4C3)ncc21. The van der Waals surface area contributed by atoms with E-state index in [2.05, 4.69) is 31.0 Å². The maximum atomic E-state index is 13.5. The van der Waals surface area contributed by atoms with E-state index < -0.39 is 0 Å². The van der Waals surface area contributed by atoms with Gasteiger partial charge in [-0.25, -0.2) is 4.98 Å². The van der Waals surface area contributed by atoms with Gasteiger partial charge in [-0.3, -0.25) is 9.59 Å². The summed E-state index contributed by atoms with van der Waals surface area (Å²) < 4.78 is 13.9. The van der Waals surface area contributed by atoms with Crippen molar-refractivity contribution in [2.45, 2.75) is 52.4 Å². The summed E-state index contributed by atoms with van der Waals surface area (Å²) in [5.41, 5.74) is 3.19. The lowest BCUT2D eigenvalue weighted by molar-refractivity contribution is -0.0421. The number of fused-ring (bicyclic) bond motifs is 2. The number of hydrogen-bond donors (Lipinski definition) is 0. The molecule has 7 heteroatoms. The summed E-state index contributed by atoms with van der Waals surface area (Å²) >= 11 is 0. The second-order valence-electron chi connectivity index (χ2n) is 9.52. The van der Waals surface area contributed by atoms with Crippen LogP contribution in [-0.2, 0) is 24.1 Å². The lowest BCUT2D eigenvalue weighted by atomic mass is 10.0. The van der Waals surface area contributed by atoms with E-state index in [1.165, 1.54) is 11.1 Å². The summed E-state index contributed by atoms with van der Waals surface area (Å²) in [6.07, 6.45) is 4.95. The average molecular weight is 462 g/mol. The van der Waals surface area contributed by atoms with Gasteiger partial charge < -0.3 is 18.9 Å². The molecule has 1 aromatic carbocycles. The Labute approximate surface area is 199 Å². The summed E-state index contributed by atoms with van der Waals surface area (Å²) in [4.78, 5) is 33.1. The molecule has 34 heavy (non-hydrogen) atoms. The highest BCUT2D eigenvalue weighted by Crippen LogP contribution is 2.26. The molecule has 2 aliphatic rings. The smallest absolute Gasteiger partial charge is 0.259 e. The van der Waals surface area contributed by atoms with Crippen molar-refractivity contribution in [3.63, 3.8) is 0 Å². The zero-order chi connectivity index (χ0) is 23.8. The van der Waals surface area contributed by atoms with Gasteiger partial charge >= 0.3 is 0 Å². The third-order valence-corrected chi connectivity index (χ3v) is 6.94. The number of hydrogen-bond acceptors (Lipinski definition) is 5. The van der Waals surface area contributed by atoms with Crippen LogP contribution < -0.4 is 10.2 Å². The number of pyridine rings is 2. The molecule has 0 spiro atoms. The molecule has 0 bridgehead atoms. The van der Waals surface area contributed by atoms with Gasteiger partial charge in [-0.2, -0.15) is 0 Å². The van der Waals surface area contributed by atoms with Crippen molar-refractivity contribution in [1.82, 2.24) is 14.5 Å². The number of aromatic nitrogens is 2. The van der Waals surface area contributed by atoms with Crippen LogP contribution in [0.4, 0.5) is 0 Å². The summed E-state index contributed by atoms with van der Waals surface area (Å²) in [5.74, 6) is 0.474. The second kappa shape index (κ2) is 9.22. The fraction of sp³-hybridized carbons (Fsp3) is 0.444. The fourth-order valence-corrected chi connectivity index (χ4v) is 4.95. The Bertz CT molecular complexity index is 1260. The molecule has 1 saturated heterocycles. The molecule has 3 aromatic rings. The van der Waals surface area contributed by atoms with Gasteiger partial charge in [-0.15, -0.1) is 0 Å². The number of nitrogens with zero attached hydrogens (tertiary/aromatic N) is 3. The monoisotopic (exact) mass is 461 g/mol. The minimum Gasteiger partial charge on any atom is -0.474 e. The zero-order valence-corrected chi connectivity index (χ0v) is 20.0. The molecule has 1 atom stereocenters. The number of rotatable bonds is 5. The van der Waals surface area contributed by atoms with Crippen LogP contribution in [0.2, 0.25) is 0 Å². The number of ether oxygens (including phenoxy) is 2. The molecule has 0 radical (unpaired) electrons. The first-order valence-electron chi connectivity index (χ1n) is 12.1. The van der Waals surface area contributed by atoms with E-state index in [4.69, 9.17) is 9.47 Å². The number of aryl methyl sites for hydroxylation is 1.